The molecule has 1 aliphatic rings. The third-order valence-electron chi connectivity index (χ3n) is 3.92. The molecule has 1 N–H and O–H groups in total. The lowest BCUT2D eigenvalue weighted by atomic mass is 10.0. The zero-order valence-corrected chi connectivity index (χ0v) is 13.3. The highest BCUT2D eigenvalue weighted by atomic mass is 32.2. The third-order valence-corrected chi connectivity index (χ3v) is 6.07. The molecule has 1 aromatic carbocycles. The van der Waals surface area contributed by atoms with Gasteiger partial charge in [0.25, 0.3) is 0 Å². The molecule has 2 unspecified atom stereocenters. The smallest absolute Gasteiger partial charge is 0.243 e. The van der Waals surface area contributed by atoms with E-state index >= 15 is 0 Å². The Kier molecular flexibility index (Phi) is 4.70. The fraction of sp³-hybridized carbons (Fsp3) is 0.600. The van der Waals surface area contributed by atoms with Crippen LogP contribution in [-0.4, -0.2) is 31.4 Å². The average molecular weight is 296 g/mol. The minimum absolute atomic E-state index is 0.0807. The molecule has 1 fully saturated rings. The second-order valence-corrected chi connectivity index (χ2v) is 7.36. The van der Waals surface area contributed by atoms with E-state index in [1.165, 1.54) is 0 Å². The molecule has 20 heavy (non-hydrogen) atoms. The van der Waals surface area contributed by atoms with Gasteiger partial charge in [-0.15, -0.1) is 0 Å². The van der Waals surface area contributed by atoms with Crippen molar-refractivity contribution in [1.82, 2.24) is 4.31 Å². The summed E-state index contributed by atoms with van der Waals surface area (Å²) in [5, 5.41) is 3.17. The number of hydrogen-bond donors (Lipinski definition) is 1. The zero-order valence-electron chi connectivity index (χ0n) is 12.5. The molecule has 4 nitrogen and oxygen atoms in total. The standard InChI is InChI=1S/C15H24N2O2S/c1-4-16-14-8-10-15(11-9-14)20(18,19)17-12(2)6-5-7-13(17)3/h8-13,16H,4-7H2,1-3H3. The van der Waals surface area contributed by atoms with Gasteiger partial charge in [0.1, 0.15) is 0 Å². The molecule has 1 heterocycles. The molecule has 5 heteroatoms. The minimum Gasteiger partial charge on any atom is -0.385 e. The van der Waals surface area contributed by atoms with E-state index in [9.17, 15) is 8.42 Å². The molecule has 0 aromatic heterocycles. The van der Waals surface area contributed by atoms with E-state index in [-0.39, 0.29) is 12.1 Å². The Hall–Kier alpha value is -1.07. The second kappa shape index (κ2) is 6.14. The molecule has 112 valence electrons. The lowest BCUT2D eigenvalue weighted by molar-refractivity contribution is 0.204. The van der Waals surface area contributed by atoms with E-state index in [1.54, 1.807) is 16.4 Å². The van der Waals surface area contributed by atoms with Crippen LogP contribution < -0.4 is 5.32 Å². The Morgan fingerprint density at radius 1 is 1.15 bits per heavy atom. The highest BCUT2D eigenvalue weighted by molar-refractivity contribution is 7.89. The van der Waals surface area contributed by atoms with Gasteiger partial charge < -0.3 is 5.32 Å². The van der Waals surface area contributed by atoms with Crippen LogP contribution in [0.4, 0.5) is 5.69 Å². The molecular weight excluding hydrogens is 272 g/mol. The van der Waals surface area contributed by atoms with Crippen LogP contribution >= 0.6 is 0 Å². The van der Waals surface area contributed by atoms with Crippen molar-refractivity contribution in [3.8, 4) is 0 Å². The van der Waals surface area contributed by atoms with E-state index in [0.717, 1.165) is 31.5 Å². The van der Waals surface area contributed by atoms with E-state index in [4.69, 9.17) is 0 Å². The topological polar surface area (TPSA) is 49.4 Å². The van der Waals surface area contributed by atoms with Gasteiger partial charge in [-0.2, -0.15) is 4.31 Å². The number of nitrogens with one attached hydrogen (secondary N) is 1. The van der Waals surface area contributed by atoms with Gasteiger partial charge in [-0.1, -0.05) is 6.42 Å². The summed E-state index contributed by atoms with van der Waals surface area (Å²) >= 11 is 0. The van der Waals surface area contributed by atoms with Crippen LogP contribution in [0.5, 0.6) is 0 Å². The van der Waals surface area contributed by atoms with Gasteiger partial charge in [-0.25, -0.2) is 8.42 Å². The second-order valence-electron chi connectivity index (χ2n) is 5.52. The van der Waals surface area contributed by atoms with Crippen LogP contribution in [0.3, 0.4) is 0 Å². The van der Waals surface area contributed by atoms with Crippen molar-refractivity contribution in [3.05, 3.63) is 24.3 Å². The predicted octanol–water partition coefficient (Wildman–Crippen LogP) is 3.07. The molecule has 1 saturated heterocycles. The molecule has 0 radical (unpaired) electrons. The van der Waals surface area contributed by atoms with Gasteiger partial charge in [-0.05, 0) is 57.9 Å². The summed E-state index contributed by atoms with van der Waals surface area (Å²) in [6.07, 6.45) is 2.99. The first-order valence-corrected chi connectivity index (χ1v) is 8.78. The third kappa shape index (κ3) is 2.99. The van der Waals surface area contributed by atoms with Crippen LogP contribution in [0.25, 0.3) is 0 Å². The lowest BCUT2D eigenvalue weighted by Gasteiger charge is -2.37. The molecule has 0 spiro atoms. The van der Waals surface area contributed by atoms with Crippen molar-refractivity contribution >= 4 is 15.7 Å². The number of nitrogens with zero attached hydrogens (tertiary/aromatic N) is 1. The van der Waals surface area contributed by atoms with Gasteiger partial charge in [0.15, 0.2) is 0 Å². The summed E-state index contributed by atoms with van der Waals surface area (Å²) in [6, 6.07) is 7.21. The van der Waals surface area contributed by atoms with Gasteiger partial charge in [-0.3, -0.25) is 0 Å². The molecule has 2 atom stereocenters. The molecule has 2 rings (SSSR count). The van der Waals surface area contributed by atoms with Crippen LogP contribution in [-0.2, 0) is 10.0 Å². The highest BCUT2D eigenvalue weighted by Gasteiger charge is 2.35. The van der Waals surface area contributed by atoms with Gasteiger partial charge in [0.2, 0.25) is 10.0 Å². The summed E-state index contributed by atoms with van der Waals surface area (Å²) < 4.78 is 27.2. The van der Waals surface area contributed by atoms with Crippen LogP contribution in [0, 0.1) is 0 Å². The Balaban J connectivity index is 2.29. The van der Waals surface area contributed by atoms with Crippen LogP contribution in [0.1, 0.15) is 40.0 Å². The number of rotatable bonds is 4. The first-order chi connectivity index (χ1) is 9.46. The first-order valence-electron chi connectivity index (χ1n) is 7.34. The maximum atomic E-state index is 12.8. The summed E-state index contributed by atoms with van der Waals surface area (Å²) in [6.45, 7) is 6.84. The molecule has 0 aliphatic carbocycles. The predicted molar refractivity (Wildman–Crippen MR) is 82.4 cm³/mol. The van der Waals surface area contributed by atoms with E-state index in [0.29, 0.717) is 4.90 Å². The summed E-state index contributed by atoms with van der Waals surface area (Å²) in [4.78, 5) is 0.389. The fourth-order valence-corrected chi connectivity index (χ4v) is 4.82. The van der Waals surface area contributed by atoms with Crippen molar-refractivity contribution in [1.29, 1.82) is 0 Å². The number of benzene rings is 1. The largest absolute Gasteiger partial charge is 0.385 e. The summed E-state index contributed by atoms with van der Waals surface area (Å²) in [5.74, 6) is 0. The first kappa shape index (κ1) is 15.3. The van der Waals surface area contributed by atoms with E-state index in [1.807, 2.05) is 32.9 Å². The van der Waals surface area contributed by atoms with E-state index < -0.39 is 10.0 Å². The number of piperidine rings is 1. The molecule has 1 aliphatic heterocycles. The molecular formula is C15H24N2O2S. The number of hydrogen-bond acceptors (Lipinski definition) is 3. The lowest BCUT2D eigenvalue weighted by Crippen LogP contribution is -2.47. The maximum absolute atomic E-state index is 12.8. The monoisotopic (exact) mass is 296 g/mol. The molecule has 0 amide bonds. The van der Waals surface area contributed by atoms with Gasteiger partial charge in [0, 0.05) is 24.3 Å². The Morgan fingerprint density at radius 3 is 2.20 bits per heavy atom. The molecule has 0 saturated carbocycles. The van der Waals surface area contributed by atoms with Gasteiger partial charge >= 0.3 is 0 Å². The SMILES string of the molecule is CCNc1ccc(S(=O)(=O)N2C(C)CCCC2C)cc1. The zero-order chi connectivity index (χ0) is 14.8. The van der Waals surface area contributed by atoms with Crippen molar-refractivity contribution in [2.75, 3.05) is 11.9 Å². The highest BCUT2D eigenvalue weighted by Crippen LogP contribution is 2.29. The Labute approximate surface area is 122 Å². The minimum atomic E-state index is -3.39. The van der Waals surface area contributed by atoms with Crippen LogP contribution in [0.15, 0.2) is 29.2 Å². The van der Waals surface area contributed by atoms with Crippen molar-refractivity contribution in [2.45, 2.75) is 57.0 Å². The maximum Gasteiger partial charge on any atom is 0.243 e. The summed E-state index contributed by atoms with van der Waals surface area (Å²) in [5.41, 5.74) is 0.950. The fourth-order valence-electron chi connectivity index (χ4n) is 2.94. The number of sulfonamides is 1. The summed E-state index contributed by atoms with van der Waals surface area (Å²) in [7, 11) is -3.39. The van der Waals surface area contributed by atoms with Crippen molar-refractivity contribution in [2.24, 2.45) is 0 Å². The quantitative estimate of drug-likeness (QED) is 0.929. The van der Waals surface area contributed by atoms with Crippen molar-refractivity contribution < 1.29 is 8.42 Å². The Bertz CT molecular complexity index is 529. The normalized spacial score (nSPS) is 24.6. The van der Waals surface area contributed by atoms with Crippen LogP contribution in [0.2, 0.25) is 0 Å². The van der Waals surface area contributed by atoms with Gasteiger partial charge in [0.05, 0.1) is 4.90 Å². The molecule has 1 aromatic rings. The average Bonchev–Trinajstić information content (AvgIpc) is 2.39. The van der Waals surface area contributed by atoms with Crippen molar-refractivity contribution in [3.63, 3.8) is 0 Å². The number of anilines is 1. The van der Waals surface area contributed by atoms with E-state index in [2.05, 4.69) is 5.32 Å². The Morgan fingerprint density at radius 2 is 1.70 bits per heavy atom. The molecule has 0 bridgehead atoms.